The fraction of sp³-hybridized carbons (Fsp3) is 0.474. The highest BCUT2D eigenvalue weighted by atomic mass is 16.5. The van der Waals surface area contributed by atoms with Crippen LogP contribution in [0.4, 0.5) is 0 Å². The van der Waals surface area contributed by atoms with Gasteiger partial charge in [-0.05, 0) is 24.5 Å². The first kappa shape index (κ1) is 20.4. The van der Waals surface area contributed by atoms with Crippen LogP contribution >= 0.6 is 0 Å². The molecule has 1 saturated heterocycles. The van der Waals surface area contributed by atoms with E-state index in [0.29, 0.717) is 12.3 Å². The summed E-state index contributed by atoms with van der Waals surface area (Å²) in [6.45, 7) is 4.67. The molecule has 146 valence electrons. The largest absolute Gasteiger partial charge is 0.478 e. The lowest BCUT2D eigenvalue weighted by molar-refractivity contribution is -0.148. The average molecular weight is 376 g/mol. The number of ether oxygens (including phenoxy) is 1. The molecule has 1 heterocycles. The van der Waals surface area contributed by atoms with Crippen LogP contribution in [0.25, 0.3) is 0 Å². The number of hydrogen-bond acceptors (Lipinski definition) is 5. The molecule has 0 saturated carbocycles. The van der Waals surface area contributed by atoms with Gasteiger partial charge in [0.15, 0.2) is 0 Å². The molecule has 1 fully saturated rings. The lowest BCUT2D eigenvalue weighted by Crippen LogP contribution is -2.58. The standard InChI is InChI=1S/C19H24N2O6/c1-12(2)7-10-27-16(22)11-15-17(23)20-8-9-21(15)18(24)13-5-3-4-6-14(13)19(25)26/h3-6,12,15H,7-11H2,1-2H3,(H,20,23)(H,25,26). The third-order valence-corrected chi connectivity index (χ3v) is 4.30. The molecule has 8 nitrogen and oxygen atoms in total. The number of nitrogens with one attached hydrogen (secondary N) is 1. The van der Waals surface area contributed by atoms with Crippen molar-refractivity contribution in [3.05, 3.63) is 35.4 Å². The summed E-state index contributed by atoms with van der Waals surface area (Å²) in [6, 6.07) is 4.77. The van der Waals surface area contributed by atoms with E-state index in [-0.39, 0.29) is 37.2 Å². The van der Waals surface area contributed by atoms with Crippen molar-refractivity contribution < 1.29 is 29.0 Å². The van der Waals surface area contributed by atoms with Crippen molar-refractivity contribution in [3.63, 3.8) is 0 Å². The molecule has 0 aromatic heterocycles. The number of carboxylic acids is 1. The molecule has 0 bridgehead atoms. The number of aromatic carboxylic acids is 1. The molecular weight excluding hydrogens is 352 g/mol. The Bertz CT molecular complexity index is 731. The monoisotopic (exact) mass is 376 g/mol. The van der Waals surface area contributed by atoms with Gasteiger partial charge < -0.3 is 20.1 Å². The SMILES string of the molecule is CC(C)CCOC(=O)CC1C(=O)NCCN1C(=O)c1ccccc1C(=O)O. The first-order valence-corrected chi connectivity index (χ1v) is 8.88. The third-order valence-electron chi connectivity index (χ3n) is 4.30. The van der Waals surface area contributed by atoms with Gasteiger partial charge in [0.05, 0.1) is 24.2 Å². The number of piperazine rings is 1. The van der Waals surface area contributed by atoms with E-state index in [1.54, 1.807) is 6.07 Å². The maximum Gasteiger partial charge on any atom is 0.336 e. The molecule has 1 atom stereocenters. The van der Waals surface area contributed by atoms with Crippen LogP contribution in [-0.4, -0.2) is 59.5 Å². The van der Waals surface area contributed by atoms with Crippen LogP contribution in [-0.2, 0) is 14.3 Å². The van der Waals surface area contributed by atoms with Crippen molar-refractivity contribution in [2.24, 2.45) is 5.92 Å². The van der Waals surface area contributed by atoms with Gasteiger partial charge in [-0.1, -0.05) is 26.0 Å². The third kappa shape index (κ3) is 5.29. The molecular formula is C19H24N2O6. The zero-order valence-corrected chi connectivity index (χ0v) is 15.4. The Hall–Kier alpha value is -2.90. The lowest BCUT2D eigenvalue weighted by atomic mass is 10.0. The van der Waals surface area contributed by atoms with Crippen LogP contribution < -0.4 is 5.32 Å². The second kappa shape index (κ2) is 9.16. The van der Waals surface area contributed by atoms with E-state index in [1.807, 2.05) is 13.8 Å². The minimum absolute atomic E-state index is 0.0159. The Labute approximate surface area is 157 Å². The number of carboxylic acid groups (broad SMARTS) is 1. The second-order valence-electron chi connectivity index (χ2n) is 6.76. The van der Waals surface area contributed by atoms with Gasteiger partial charge in [-0.15, -0.1) is 0 Å². The second-order valence-corrected chi connectivity index (χ2v) is 6.76. The fourth-order valence-corrected chi connectivity index (χ4v) is 2.80. The lowest BCUT2D eigenvalue weighted by Gasteiger charge is -2.34. The Morgan fingerprint density at radius 1 is 1.26 bits per heavy atom. The first-order chi connectivity index (χ1) is 12.8. The van der Waals surface area contributed by atoms with E-state index in [9.17, 15) is 24.3 Å². The number of carbonyl (C=O) groups is 4. The summed E-state index contributed by atoms with van der Waals surface area (Å²) in [5.41, 5.74) is -0.162. The van der Waals surface area contributed by atoms with Crippen LogP contribution in [0.2, 0.25) is 0 Å². The number of benzene rings is 1. The molecule has 1 unspecified atom stereocenters. The molecule has 0 radical (unpaired) electrons. The Kier molecular flexibility index (Phi) is 6.92. The highest BCUT2D eigenvalue weighted by Crippen LogP contribution is 2.18. The zero-order valence-electron chi connectivity index (χ0n) is 15.4. The van der Waals surface area contributed by atoms with Gasteiger partial charge in [-0.2, -0.15) is 0 Å². The Balaban J connectivity index is 2.16. The molecule has 1 aliphatic rings. The quantitative estimate of drug-likeness (QED) is 0.694. The number of rotatable bonds is 7. The van der Waals surface area contributed by atoms with Crippen LogP contribution in [0.15, 0.2) is 24.3 Å². The van der Waals surface area contributed by atoms with E-state index in [0.717, 1.165) is 0 Å². The highest BCUT2D eigenvalue weighted by molar-refractivity contribution is 6.06. The van der Waals surface area contributed by atoms with Gasteiger partial charge in [0, 0.05) is 13.1 Å². The Morgan fingerprint density at radius 2 is 1.93 bits per heavy atom. The van der Waals surface area contributed by atoms with Gasteiger partial charge in [0.2, 0.25) is 5.91 Å². The van der Waals surface area contributed by atoms with E-state index >= 15 is 0 Å². The first-order valence-electron chi connectivity index (χ1n) is 8.88. The summed E-state index contributed by atoms with van der Waals surface area (Å²) in [7, 11) is 0. The predicted molar refractivity (Wildman–Crippen MR) is 96.3 cm³/mol. The molecule has 1 aliphatic heterocycles. The van der Waals surface area contributed by atoms with Gasteiger partial charge >= 0.3 is 11.9 Å². The topological polar surface area (TPSA) is 113 Å². The number of esters is 1. The van der Waals surface area contributed by atoms with E-state index in [4.69, 9.17) is 4.74 Å². The number of nitrogens with zero attached hydrogens (tertiary/aromatic N) is 1. The van der Waals surface area contributed by atoms with Crippen LogP contribution in [0.1, 0.15) is 47.4 Å². The molecule has 2 N–H and O–H groups in total. The molecule has 2 rings (SSSR count). The summed E-state index contributed by atoms with van der Waals surface area (Å²) >= 11 is 0. The minimum Gasteiger partial charge on any atom is -0.478 e. The molecule has 0 aliphatic carbocycles. The van der Waals surface area contributed by atoms with Gasteiger partial charge in [-0.25, -0.2) is 4.79 Å². The molecule has 1 aromatic rings. The van der Waals surface area contributed by atoms with Crippen molar-refractivity contribution >= 4 is 23.8 Å². The Morgan fingerprint density at radius 3 is 2.56 bits per heavy atom. The van der Waals surface area contributed by atoms with Gasteiger partial charge in [0.1, 0.15) is 6.04 Å². The van der Waals surface area contributed by atoms with E-state index in [2.05, 4.69) is 5.32 Å². The highest BCUT2D eigenvalue weighted by Gasteiger charge is 2.36. The summed E-state index contributed by atoms with van der Waals surface area (Å²) in [5, 5.41) is 11.9. The normalized spacial score (nSPS) is 16.8. The fourth-order valence-electron chi connectivity index (χ4n) is 2.80. The smallest absolute Gasteiger partial charge is 0.336 e. The molecule has 27 heavy (non-hydrogen) atoms. The van der Waals surface area contributed by atoms with E-state index in [1.165, 1.54) is 23.1 Å². The van der Waals surface area contributed by atoms with E-state index < -0.39 is 29.8 Å². The van der Waals surface area contributed by atoms with Crippen LogP contribution in [0.5, 0.6) is 0 Å². The van der Waals surface area contributed by atoms with Gasteiger partial charge in [-0.3, -0.25) is 14.4 Å². The summed E-state index contributed by atoms with van der Waals surface area (Å²) < 4.78 is 5.15. The van der Waals surface area contributed by atoms with Crippen molar-refractivity contribution in [2.45, 2.75) is 32.7 Å². The summed E-state index contributed by atoms with van der Waals surface area (Å²) in [6.07, 6.45) is 0.433. The van der Waals surface area contributed by atoms with Crippen molar-refractivity contribution in [3.8, 4) is 0 Å². The summed E-state index contributed by atoms with van der Waals surface area (Å²) in [4.78, 5) is 49.8. The molecule has 2 amide bonds. The van der Waals surface area contributed by atoms with Crippen molar-refractivity contribution in [2.75, 3.05) is 19.7 Å². The zero-order chi connectivity index (χ0) is 20.0. The minimum atomic E-state index is -1.23. The van der Waals surface area contributed by atoms with Crippen molar-refractivity contribution in [1.29, 1.82) is 0 Å². The average Bonchev–Trinajstić information content (AvgIpc) is 2.62. The van der Waals surface area contributed by atoms with Gasteiger partial charge in [0.25, 0.3) is 5.91 Å². The van der Waals surface area contributed by atoms with Crippen LogP contribution in [0.3, 0.4) is 0 Å². The van der Waals surface area contributed by atoms with Crippen molar-refractivity contribution in [1.82, 2.24) is 10.2 Å². The molecule has 8 heteroatoms. The number of carbonyl (C=O) groups excluding carboxylic acids is 3. The molecule has 1 aromatic carbocycles. The number of amides is 2. The summed E-state index contributed by atoms with van der Waals surface area (Å²) in [5.74, 6) is -2.47. The maximum absolute atomic E-state index is 12.9. The van der Waals surface area contributed by atoms with Crippen LogP contribution in [0, 0.1) is 5.92 Å². The molecule has 0 spiro atoms. The number of hydrogen-bond donors (Lipinski definition) is 2. The maximum atomic E-state index is 12.9. The predicted octanol–water partition coefficient (Wildman–Crippen LogP) is 1.30.